The number of hydrogen-bond donors (Lipinski definition) is 0. The van der Waals surface area contributed by atoms with Gasteiger partial charge in [0.1, 0.15) is 0 Å². The monoisotopic (exact) mass is 618 g/mol. The van der Waals surface area contributed by atoms with Gasteiger partial charge < -0.3 is 0 Å². The Morgan fingerprint density at radius 1 is 0.729 bits per heavy atom. The molecule has 0 spiro atoms. The molecule has 1 aliphatic carbocycles. The van der Waals surface area contributed by atoms with Gasteiger partial charge in [-0.25, -0.2) is 9.97 Å². The molecule has 0 saturated heterocycles. The number of pyridine rings is 1. The van der Waals surface area contributed by atoms with Crippen molar-refractivity contribution in [1.29, 1.82) is 0 Å². The minimum atomic E-state index is -0.249. The quantitative estimate of drug-likeness (QED) is 0.184. The molecule has 0 bridgehead atoms. The molecule has 0 saturated carbocycles. The summed E-state index contributed by atoms with van der Waals surface area (Å²) < 4.78 is 2.28. The van der Waals surface area contributed by atoms with Gasteiger partial charge in [0.05, 0.1) is 28.4 Å². The standard InChI is InChI=1S/C44H34N4/c1-5-13-27(6-2)28-20-22-29(23-21-28)41-33-17-10-12-19-36(33)46-43(47-41)48-37-26-45-25-24-34(37)39-31-15-8-7-14-30(31)38-32-16-9-11-18-35(32)44(3,4)40(38)42(39)48/h5-26H,1-4H3/b13-5-,27-6+. The molecule has 0 unspecified atom stereocenters. The van der Waals surface area contributed by atoms with Gasteiger partial charge in [-0.3, -0.25) is 9.55 Å². The van der Waals surface area contributed by atoms with Crippen LogP contribution < -0.4 is 0 Å². The Hall–Kier alpha value is -5.87. The molecule has 3 aromatic heterocycles. The minimum Gasteiger partial charge on any atom is -0.276 e. The van der Waals surface area contributed by atoms with Gasteiger partial charge in [0.15, 0.2) is 0 Å². The van der Waals surface area contributed by atoms with Gasteiger partial charge in [0.2, 0.25) is 5.95 Å². The number of para-hydroxylation sites is 1. The minimum absolute atomic E-state index is 0.249. The van der Waals surface area contributed by atoms with Crippen LogP contribution in [0, 0.1) is 0 Å². The summed E-state index contributed by atoms with van der Waals surface area (Å²) in [6.45, 7) is 8.84. The molecular weight excluding hydrogens is 585 g/mol. The summed E-state index contributed by atoms with van der Waals surface area (Å²) in [5, 5.41) is 5.89. The van der Waals surface area contributed by atoms with Crippen molar-refractivity contribution < 1.29 is 0 Å². The van der Waals surface area contributed by atoms with Crippen LogP contribution in [0.3, 0.4) is 0 Å². The van der Waals surface area contributed by atoms with Crippen molar-refractivity contribution in [2.75, 3.05) is 0 Å². The smallest absolute Gasteiger partial charge is 0.235 e. The van der Waals surface area contributed by atoms with Crippen LogP contribution in [0.15, 0.2) is 134 Å². The summed E-state index contributed by atoms with van der Waals surface area (Å²) in [6.07, 6.45) is 10.2. The van der Waals surface area contributed by atoms with E-state index < -0.39 is 0 Å². The SMILES string of the molecule is C/C=C\C(=C/C)c1ccc(-c2nc(-n3c4cnccc4c4c5ccccc5c5c(c43)C(C)(C)c3ccccc3-5)nc3ccccc23)cc1. The van der Waals surface area contributed by atoms with E-state index in [1.54, 1.807) is 0 Å². The number of allylic oxidation sites excluding steroid dienone is 4. The Morgan fingerprint density at radius 2 is 1.46 bits per heavy atom. The van der Waals surface area contributed by atoms with E-state index >= 15 is 0 Å². The lowest BCUT2D eigenvalue weighted by atomic mass is 9.80. The van der Waals surface area contributed by atoms with Gasteiger partial charge in [-0.15, -0.1) is 0 Å². The van der Waals surface area contributed by atoms with Gasteiger partial charge >= 0.3 is 0 Å². The first-order valence-electron chi connectivity index (χ1n) is 16.6. The van der Waals surface area contributed by atoms with Crippen LogP contribution in [0.5, 0.6) is 0 Å². The predicted octanol–water partition coefficient (Wildman–Crippen LogP) is 11.2. The van der Waals surface area contributed by atoms with Crippen molar-refractivity contribution in [2.45, 2.75) is 33.1 Å². The summed E-state index contributed by atoms with van der Waals surface area (Å²) in [6, 6.07) is 36.9. The molecular formula is C44H34N4. The zero-order valence-electron chi connectivity index (χ0n) is 27.5. The van der Waals surface area contributed by atoms with Crippen molar-refractivity contribution in [2.24, 2.45) is 0 Å². The maximum Gasteiger partial charge on any atom is 0.235 e. The summed E-state index contributed by atoms with van der Waals surface area (Å²) in [5.41, 5.74) is 12.4. The largest absolute Gasteiger partial charge is 0.276 e. The van der Waals surface area contributed by atoms with Crippen LogP contribution in [-0.2, 0) is 5.41 Å². The zero-order valence-corrected chi connectivity index (χ0v) is 27.5. The number of nitrogens with zero attached hydrogens (tertiary/aromatic N) is 4. The second-order valence-electron chi connectivity index (χ2n) is 13.1. The molecule has 0 radical (unpaired) electrons. The summed E-state index contributed by atoms with van der Waals surface area (Å²) >= 11 is 0. The van der Waals surface area contributed by atoms with Crippen molar-refractivity contribution in [3.8, 4) is 28.3 Å². The number of hydrogen-bond acceptors (Lipinski definition) is 3. The molecule has 0 amide bonds. The molecule has 0 fully saturated rings. The Morgan fingerprint density at radius 3 is 2.25 bits per heavy atom. The maximum atomic E-state index is 5.44. The van der Waals surface area contributed by atoms with E-state index in [9.17, 15) is 0 Å². The Bertz CT molecular complexity index is 2650. The van der Waals surface area contributed by atoms with Crippen molar-refractivity contribution in [1.82, 2.24) is 19.5 Å². The summed E-state index contributed by atoms with van der Waals surface area (Å²) in [7, 11) is 0. The lowest BCUT2D eigenvalue weighted by Gasteiger charge is -2.24. The van der Waals surface area contributed by atoms with Crippen LogP contribution in [0.1, 0.15) is 44.4 Å². The Labute approximate surface area is 279 Å². The molecule has 230 valence electrons. The first kappa shape index (κ1) is 28.4. The van der Waals surface area contributed by atoms with Crippen LogP contribution in [0.2, 0.25) is 0 Å². The van der Waals surface area contributed by atoms with Crippen LogP contribution in [0.25, 0.3) is 77.4 Å². The predicted molar refractivity (Wildman–Crippen MR) is 201 cm³/mol. The Kier molecular flexibility index (Phi) is 6.25. The molecule has 1 aliphatic rings. The van der Waals surface area contributed by atoms with E-state index in [4.69, 9.17) is 9.97 Å². The second kappa shape index (κ2) is 10.6. The fraction of sp³-hybridized carbons (Fsp3) is 0.114. The average molecular weight is 619 g/mol. The molecule has 0 atom stereocenters. The summed E-state index contributed by atoms with van der Waals surface area (Å²) in [4.78, 5) is 15.4. The topological polar surface area (TPSA) is 43.6 Å². The maximum absolute atomic E-state index is 5.44. The van der Waals surface area contributed by atoms with Crippen LogP contribution in [-0.4, -0.2) is 19.5 Å². The molecule has 3 heterocycles. The first-order valence-corrected chi connectivity index (χ1v) is 16.6. The highest BCUT2D eigenvalue weighted by Crippen LogP contribution is 2.56. The fourth-order valence-electron chi connectivity index (χ4n) is 8.04. The van der Waals surface area contributed by atoms with Gasteiger partial charge in [-0.2, -0.15) is 0 Å². The van der Waals surface area contributed by atoms with Crippen molar-refractivity contribution in [3.63, 3.8) is 0 Å². The van der Waals surface area contributed by atoms with E-state index in [-0.39, 0.29) is 5.41 Å². The summed E-state index contributed by atoms with van der Waals surface area (Å²) in [5.74, 6) is 0.646. The highest BCUT2D eigenvalue weighted by molar-refractivity contribution is 6.26. The molecule has 0 N–H and O–H groups in total. The van der Waals surface area contributed by atoms with Crippen molar-refractivity contribution in [3.05, 3.63) is 150 Å². The van der Waals surface area contributed by atoms with E-state index in [0.717, 1.165) is 38.6 Å². The molecule has 48 heavy (non-hydrogen) atoms. The van der Waals surface area contributed by atoms with E-state index in [1.807, 2.05) is 12.4 Å². The van der Waals surface area contributed by atoms with Gasteiger partial charge in [0.25, 0.3) is 0 Å². The number of fused-ring (bicyclic) bond motifs is 11. The van der Waals surface area contributed by atoms with Crippen LogP contribution >= 0.6 is 0 Å². The highest BCUT2D eigenvalue weighted by Gasteiger charge is 2.40. The lowest BCUT2D eigenvalue weighted by Crippen LogP contribution is -2.17. The third-order valence-electron chi connectivity index (χ3n) is 10.2. The first-order chi connectivity index (χ1) is 23.5. The van der Waals surface area contributed by atoms with Gasteiger partial charge in [0, 0.05) is 33.3 Å². The van der Waals surface area contributed by atoms with E-state index in [2.05, 4.69) is 159 Å². The molecule has 0 aliphatic heterocycles. The molecule has 8 aromatic rings. The van der Waals surface area contributed by atoms with Gasteiger partial charge in [-0.05, 0) is 70.1 Å². The zero-order chi connectivity index (χ0) is 32.6. The molecule has 4 nitrogen and oxygen atoms in total. The van der Waals surface area contributed by atoms with Gasteiger partial charge in [-0.1, -0.05) is 123 Å². The number of aromatic nitrogens is 4. The molecule has 9 rings (SSSR count). The molecule has 5 aromatic carbocycles. The van der Waals surface area contributed by atoms with Crippen LogP contribution in [0.4, 0.5) is 0 Å². The number of rotatable bonds is 4. The van der Waals surface area contributed by atoms with E-state index in [0.29, 0.717) is 5.95 Å². The number of benzene rings is 5. The fourth-order valence-corrected chi connectivity index (χ4v) is 8.04. The third kappa shape index (κ3) is 3.92. The molecule has 4 heteroatoms. The highest BCUT2D eigenvalue weighted by atomic mass is 15.2. The van der Waals surface area contributed by atoms with E-state index in [1.165, 1.54) is 49.5 Å². The second-order valence-corrected chi connectivity index (χ2v) is 13.1. The van der Waals surface area contributed by atoms with Crippen molar-refractivity contribution >= 4 is 49.1 Å². The Balaban J connectivity index is 1.41. The average Bonchev–Trinajstić information content (AvgIpc) is 3.59. The third-order valence-corrected chi connectivity index (χ3v) is 10.2. The lowest BCUT2D eigenvalue weighted by molar-refractivity contribution is 0.664. The normalized spacial score (nSPS) is 14.0.